The monoisotopic (exact) mass is 201 g/mol. The smallest absolute Gasteiger partial charge is 0.418 e. The molecule has 0 saturated heterocycles. The first-order chi connectivity index (χ1) is 6.31. The van der Waals surface area contributed by atoms with Crippen LogP contribution in [0.25, 0.3) is 0 Å². The highest BCUT2D eigenvalue weighted by atomic mass is 16.6. The largest absolute Gasteiger partial charge is 0.463 e. The van der Waals surface area contributed by atoms with Gasteiger partial charge in [-0.05, 0) is 34.6 Å². The summed E-state index contributed by atoms with van der Waals surface area (Å²) in [7, 11) is 0. The second-order valence-corrected chi connectivity index (χ2v) is 4.00. The number of esters is 1. The Bertz CT molecular complexity index is 208. The summed E-state index contributed by atoms with van der Waals surface area (Å²) in [4.78, 5) is 21.5. The molecule has 0 aromatic heterocycles. The van der Waals surface area contributed by atoms with Crippen LogP contribution in [0.4, 0.5) is 0 Å². The fraction of sp³-hybridized carbons (Fsp3) is 0.800. The molecule has 0 heterocycles. The average molecular weight is 201 g/mol. The normalized spacial score (nSPS) is 13.6. The predicted octanol–water partition coefficient (Wildman–Crippen LogP) is 1.44. The minimum absolute atomic E-state index is 0.166. The van der Waals surface area contributed by atoms with Crippen molar-refractivity contribution in [1.82, 2.24) is 0 Å². The van der Waals surface area contributed by atoms with Crippen molar-refractivity contribution in [2.24, 2.45) is 5.92 Å². The third-order valence-electron chi connectivity index (χ3n) is 2.05. The van der Waals surface area contributed by atoms with Gasteiger partial charge in [0.05, 0.1) is 12.0 Å². The molecule has 14 heavy (non-hydrogen) atoms. The Labute approximate surface area is 84.6 Å². The van der Waals surface area contributed by atoms with Crippen molar-refractivity contribution in [1.29, 1.82) is 0 Å². The lowest BCUT2D eigenvalue weighted by molar-refractivity contribution is -0.158. The van der Waals surface area contributed by atoms with Gasteiger partial charge in [0.15, 0.2) is 0 Å². The van der Waals surface area contributed by atoms with Crippen LogP contribution < -0.4 is 0 Å². The van der Waals surface area contributed by atoms with Gasteiger partial charge in [-0.3, -0.25) is 4.79 Å². The molecule has 0 amide bonds. The molecule has 0 saturated carbocycles. The number of ether oxygens (including phenoxy) is 2. The lowest BCUT2D eigenvalue weighted by Crippen LogP contribution is -2.39. The van der Waals surface area contributed by atoms with Crippen LogP contribution >= 0.6 is 0 Å². The van der Waals surface area contributed by atoms with E-state index in [1.54, 1.807) is 34.6 Å². The molecule has 0 aliphatic carbocycles. The van der Waals surface area contributed by atoms with Crippen LogP contribution in [0.2, 0.25) is 0 Å². The van der Waals surface area contributed by atoms with Gasteiger partial charge in [-0.2, -0.15) is 0 Å². The Hall–Kier alpha value is -1.06. The molecule has 4 nitrogen and oxygen atoms in total. The number of hydrogen-bond donors (Lipinski definition) is 0. The molecule has 0 aromatic carbocycles. The second kappa shape index (κ2) is 4.98. The highest BCUT2D eigenvalue weighted by Crippen LogP contribution is 2.21. The van der Waals surface area contributed by atoms with Gasteiger partial charge in [-0.1, -0.05) is 0 Å². The Kier molecular flexibility index (Phi) is 4.60. The van der Waals surface area contributed by atoms with Crippen molar-refractivity contribution >= 4 is 12.4 Å². The molecule has 4 heteroatoms. The average Bonchev–Trinajstić information content (AvgIpc) is 2.01. The third-order valence-corrected chi connectivity index (χ3v) is 2.05. The van der Waals surface area contributed by atoms with E-state index in [4.69, 9.17) is 4.74 Å². The molecule has 1 unspecified atom stereocenters. The number of carbonyl (C=O) groups is 1. The minimum atomic E-state index is -0.881. The molecule has 0 aromatic rings. The van der Waals surface area contributed by atoms with E-state index in [1.807, 2.05) is 0 Å². The molecule has 0 aliphatic heterocycles. The molecule has 0 spiro atoms. The quantitative estimate of drug-likeness (QED) is 0.631. The first kappa shape index (κ1) is 12.9. The SMILES string of the molecule is CC(C)OC(=O)C(C)C(C)(C)O[C]=O. The summed E-state index contributed by atoms with van der Waals surface area (Å²) < 4.78 is 9.68. The zero-order valence-corrected chi connectivity index (χ0v) is 9.29. The number of carbonyl (C=O) groups excluding carboxylic acids is 2. The van der Waals surface area contributed by atoms with Crippen molar-refractivity contribution in [3.63, 3.8) is 0 Å². The third kappa shape index (κ3) is 3.77. The van der Waals surface area contributed by atoms with Crippen molar-refractivity contribution in [2.45, 2.75) is 46.3 Å². The summed E-state index contributed by atoms with van der Waals surface area (Å²) >= 11 is 0. The Balaban J connectivity index is 4.36. The molecule has 0 aliphatic rings. The van der Waals surface area contributed by atoms with Crippen molar-refractivity contribution < 1.29 is 19.1 Å². The number of hydrogen-bond acceptors (Lipinski definition) is 4. The highest BCUT2D eigenvalue weighted by Gasteiger charge is 2.34. The van der Waals surface area contributed by atoms with Crippen LogP contribution in [0.1, 0.15) is 34.6 Å². The first-order valence-electron chi connectivity index (χ1n) is 4.57. The molecular weight excluding hydrogens is 184 g/mol. The molecule has 1 atom stereocenters. The van der Waals surface area contributed by atoms with Gasteiger partial charge < -0.3 is 9.47 Å². The van der Waals surface area contributed by atoms with Crippen LogP contribution in [0, 0.1) is 5.92 Å². The zero-order chi connectivity index (χ0) is 11.4. The predicted molar refractivity (Wildman–Crippen MR) is 51.2 cm³/mol. The van der Waals surface area contributed by atoms with E-state index in [0.29, 0.717) is 0 Å². The highest BCUT2D eigenvalue weighted by molar-refractivity contribution is 5.73. The molecule has 0 N–H and O–H groups in total. The minimum Gasteiger partial charge on any atom is -0.463 e. The maximum Gasteiger partial charge on any atom is 0.418 e. The van der Waals surface area contributed by atoms with Gasteiger partial charge >= 0.3 is 12.4 Å². The van der Waals surface area contributed by atoms with Crippen molar-refractivity contribution in [3.05, 3.63) is 0 Å². The van der Waals surface area contributed by atoms with Gasteiger partial charge in [-0.15, -0.1) is 0 Å². The van der Waals surface area contributed by atoms with Gasteiger partial charge in [0.25, 0.3) is 0 Å². The van der Waals surface area contributed by atoms with Crippen LogP contribution in [-0.2, 0) is 19.1 Å². The van der Waals surface area contributed by atoms with E-state index >= 15 is 0 Å². The van der Waals surface area contributed by atoms with Crippen LogP contribution in [0.5, 0.6) is 0 Å². The van der Waals surface area contributed by atoms with E-state index in [2.05, 4.69) is 4.74 Å². The fourth-order valence-corrected chi connectivity index (χ4v) is 0.814. The van der Waals surface area contributed by atoms with E-state index in [9.17, 15) is 9.59 Å². The lowest BCUT2D eigenvalue weighted by Gasteiger charge is -2.28. The molecule has 0 bridgehead atoms. The van der Waals surface area contributed by atoms with E-state index in [-0.39, 0.29) is 12.1 Å². The van der Waals surface area contributed by atoms with Crippen LogP contribution in [0.15, 0.2) is 0 Å². The Morgan fingerprint density at radius 3 is 2.14 bits per heavy atom. The summed E-state index contributed by atoms with van der Waals surface area (Å²) in [5.41, 5.74) is -0.881. The Morgan fingerprint density at radius 2 is 1.79 bits per heavy atom. The van der Waals surface area contributed by atoms with Crippen LogP contribution in [-0.4, -0.2) is 24.1 Å². The summed E-state index contributed by atoms with van der Waals surface area (Å²) in [5.74, 6) is -0.883. The maximum atomic E-state index is 11.4. The van der Waals surface area contributed by atoms with Crippen molar-refractivity contribution in [2.75, 3.05) is 0 Å². The molecule has 1 radical (unpaired) electrons. The zero-order valence-electron chi connectivity index (χ0n) is 9.29. The summed E-state index contributed by atoms with van der Waals surface area (Å²) in [6, 6.07) is 0. The first-order valence-corrected chi connectivity index (χ1v) is 4.57. The van der Waals surface area contributed by atoms with Crippen molar-refractivity contribution in [3.8, 4) is 0 Å². The van der Waals surface area contributed by atoms with E-state index in [0.717, 1.165) is 0 Å². The van der Waals surface area contributed by atoms with Crippen LogP contribution in [0.3, 0.4) is 0 Å². The summed E-state index contributed by atoms with van der Waals surface area (Å²) in [5, 5.41) is 0. The second-order valence-electron chi connectivity index (χ2n) is 4.00. The number of rotatable bonds is 5. The Morgan fingerprint density at radius 1 is 1.29 bits per heavy atom. The summed E-state index contributed by atoms with van der Waals surface area (Å²) in [6.07, 6.45) is -0.166. The van der Waals surface area contributed by atoms with Gasteiger partial charge in [0, 0.05) is 0 Å². The lowest BCUT2D eigenvalue weighted by atomic mass is 9.93. The van der Waals surface area contributed by atoms with E-state index < -0.39 is 11.5 Å². The molecular formula is C10H17O4. The van der Waals surface area contributed by atoms with Gasteiger partial charge in [-0.25, -0.2) is 4.79 Å². The van der Waals surface area contributed by atoms with Gasteiger partial charge in [0.1, 0.15) is 5.60 Å². The maximum absolute atomic E-state index is 11.4. The fourth-order valence-electron chi connectivity index (χ4n) is 0.814. The van der Waals surface area contributed by atoms with Gasteiger partial charge in [0.2, 0.25) is 0 Å². The molecule has 81 valence electrons. The molecule has 0 rings (SSSR count). The summed E-state index contributed by atoms with van der Waals surface area (Å²) in [6.45, 7) is 9.82. The topological polar surface area (TPSA) is 52.6 Å². The van der Waals surface area contributed by atoms with E-state index in [1.165, 1.54) is 6.47 Å². The molecule has 0 fully saturated rings. The standard InChI is InChI=1S/C10H17O4/c1-7(2)14-9(12)8(3)10(4,5)13-6-11/h7-8H,1-5H3.